The van der Waals surface area contributed by atoms with Crippen LogP contribution in [0, 0.1) is 6.92 Å². The van der Waals surface area contributed by atoms with Crippen LogP contribution >= 0.6 is 0 Å². The van der Waals surface area contributed by atoms with E-state index in [1.54, 1.807) is 0 Å². The topological polar surface area (TPSA) is 27.8 Å². The maximum absolute atomic E-state index is 3.55. The van der Waals surface area contributed by atoms with E-state index in [0.29, 0.717) is 0 Å². The predicted octanol–water partition coefficient (Wildman–Crippen LogP) is 3.19. The molecule has 2 heteroatoms. The number of nitrogens with one attached hydrogen (secondary N) is 2. The third-order valence-corrected chi connectivity index (χ3v) is 3.48. The summed E-state index contributed by atoms with van der Waals surface area (Å²) in [6.45, 7) is 5.49. The van der Waals surface area contributed by atoms with Crippen LogP contribution in [0.5, 0.6) is 0 Å². The van der Waals surface area contributed by atoms with Gasteiger partial charge in [0.05, 0.1) is 0 Å². The number of hydrogen-bond acceptors (Lipinski definition) is 1. The van der Waals surface area contributed by atoms with E-state index in [-0.39, 0.29) is 0 Å². The molecule has 0 radical (unpaired) electrons. The van der Waals surface area contributed by atoms with Crippen molar-refractivity contribution in [2.75, 3.05) is 13.6 Å². The van der Waals surface area contributed by atoms with Crippen molar-refractivity contribution in [3.8, 4) is 0 Å². The van der Waals surface area contributed by atoms with Crippen LogP contribution in [0.15, 0.2) is 18.2 Å². The molecule has 92 valence electrons. The largest absolute Gasteiger partial charge is 0.358 e. The van der Waals surface area contributed by atoms with Crippen molar-refractivity contribution in [3.05, 3.63) is 35.0 Å². The molecule has 0 bridgehead atoms. The number of H-pyrrole nitrogens is 1. The van der Waals surface area contributed by atoms with E-state index in [9.17, 15) is 0 Å². The normalized spacial score (nSPS) is 11.2. The van der Waals surface area contributed by atoms with Crippen LogP contribution in [-0.2, 0) is 12.8 Å². The second-order valence-electron chi connectivity index (χ2n) is 4.63. The first-order valence-corrected chi connectivity index (χ1v) is 6.51. The molecule has 0 unspecified atom stereocenters. The molecular weight excluding hydrogens is 208 g/mol. The molecule has 1 aromatic heterocycles. The summed E-state index contributed by atoms with van der Waals surface area (Å²) in [7, 11) is 2.01. The lowest BCUT2D eigenvalue weighted by Crippen LogP contribution is -2.08. The molecule has 0 spiro atoms. The summed E-state index contributed by atoms with van der Waals surface area (Å²) in [5.41, 5.74) is 5.58. The first-order chi connectivity index (χ1) is 8.27. The smallest absolute Gasteiger partial charge is 0.0491 e. The molecule has 0 aliphatic rings. The standard InChI is InChI=1S/C15H22N2/c1-4-12-7-5-8-14-13(9-6-10-16-3)11(2)17-15(12)14/h5,7-8,16-17H,4,6,9-10H2,1-3H3. The molecule has 0 aliphatic carbocycles. The van der Waals surface area contributed by atoms with E-state index in [1.165, 1.54) is 34.1 Å². The summed E-state index contributed by atoms with van der Waals surface area (Å²) < 4.78 is 0. The summed E-state index contributed by atoms with van der Waals surface area (Å²) in [6.07, 6.45) is 3.44. The van der Waals surface area contributed by atoms with E-state index in [4.69, 9.17) is 0 Å². The van der Waals surface area contributed by atoms with E-state index < -0.39 is 0 Å². The third-order valence-electron chi connectivity index (χ3n) is 3.48. The summed E-state index contributed by atoms with van der Waals surface area (Å²) in [6, 6.07) is 6.64. The zero-order chi connectivity index (χ0) is 12.3. The van der Waals surface area contributed by atoms with Crippen LogP contribution < -0.4 is 5.32 Å². The second-order valence-corrected chi connectivity index (χ2v) is 4.63. The molecule has 0 amide bonds. The number of aryl methyl sites for hydroxylation is 3. The first kappa shape index (κ1) is 12.2. The fourth-order valence-corrected chi connectivity index (χ4v) is 2.52. The van der Waals surface area contributed by atoms with Crippen LogP contribution in [0.2, 0.25) is 0 Å². The molecule has 0 atom stereocenters. The monoisotopic (exact) mass is 230 g/mol. The molecule has 0 fully saturated rings. The highest BCUT2D eigenvalue weighted by Gasteiger charge is 2.09. The van der Waals surface area contributed by atoms with Gasteiger partial charge in [-0.25, -0.2) is 0 Å². The maximum atomic E-state index is 3.55. The minimum absolute atomic E-state index is 1.08. The molecular formula is C15H22N2. The van der Waals surface area contributed by atoms with Gasteiger partial charge < -0.3 is 10.3 Å². The van der Waals surface area contributed by atoms with Crippen LogP contribution in [0.4, 0.5) is 0 Å². The number of hydrogen-bond donors (Lipinski definition) is 2. The highest BCUT2D eigenvalue weighted by Crippen LogP contribution is 2.26. The minimum atomic E-state index is 1.08. The Hall–Kier alpha value is -1.28. The van der Waals surface area contributed by atoms with Gasteiger partial charge in [0.1, 0.15) is 0 Å². The molecule has 2 nitrogen and oxygen atoms in total. The van der Waals surface area contributed by atoms with Gasteiger partial charge in [-0.3, -0.25) is 0 Å². The van der Waals surface area contributed by atoms with Gasteiger partial charge in [0.2, 0.25) is 0 Å². The third kappa shape index (κ3) is 2.37. The Labute approximate surface area is 103 Å². The Kier molecular flexibility index (Phi) is 3.85. The predicted molar refractivity (Wildman–Crippen MR) is 74.7 cm³/mol. The Balaban J connectivity index is 2.38. The minimum Gasteiger partial charge on any atom is -0.358 e. The average molecular weight is 230 g/mol. The van der Waals surface area contributed by atoms with E-state index in [2.05, 4.69) is 42.3 Å². The van der Waals surface area contributed by atoms with Gasteiger partial charge in [0, 0.05) is 16.6 Å². The van der Waals surface area contributed by atoms with Crippen molar-refractivity contribution in [1.29, 1.82) is 0 Å². The lowest BCUT2D eigenvalue weighted by Gasteiger charge is -2.02. The fourth-order valence-electron chi connectivity index (χ4n) is 2.52. The molecule has 2 rings (SSSR count). The van der Waals surface area contributed by atoms with Crippen molar-refractivity contribution in [3.63, 3.8) is 0 Å². The van der Waals surface area contributed by atoms with Crippen molar-refractivity contribution in [2.45, 2.75) is 33.1 Å². The van der Waals surface area contributed by atoms with Gasteiger partial charge in [-0.2, -0.15) is 0 Å². The van der Waals surface area contributed by atoms with E-state index >= 15 is 0 Å². The molecule has 2 aromatic rings. The second kappa shape index (κ2) is 5.37. The highest BCUT2D eigenvalue weighted by molar-refractivity contribution is 5.87. The SMILES string of the molecule is CCc1cccc2c(CCCNC)c(C)[nH]c12. The maximum Gasteiger partial charge on any atom is 0.0491 e. The molecule has 0 aliphatic heterocycles. The first-order valence-electron chi connectivity index (χ1n) is 6.51. The lowest BCUT2D eigenvalue weighted by molar-refractivity contribution is 0.725. The Morgan fingerprint density at radius 1 is 1.29 bits per heavy atom. The Bertz CT molecular complexity index is 497. The average Bonchev–Trinajstić information content (AvgIpc) is 2.66. The zero-order valence-electron chi connectivity index (χ0n) is 11.1. The summed E-state index contributed by atoms with van der Waals surface area (Å²) in [4.78, 5) is 3.55. The van der Waals surface area contributed by atoms with E-state index in [1.807, 2.05) is 7.05 Å². The number of benzene rings is 1. The molecule has 1 aromatic carbocycles. The quantitative estimate of drug-likeness (QED) is 0.759. The lowest BCUT2D eigenvalue weighted by atomic mass is 10.0. The van der Waals surface area contributed by atoms with Gasteiger partial charge in [-0.05, 0) is 50.9 Å². The number of aromatic amines is 1. The number of fused-ring (bicyclic) bond motifs is 1. The van der Waals surface area contributed by atoms with Crippen molar-refractivity contribution in [2.24, 2.45) is 0 Å². The number of rotatable bonds is 5. The zero-order valence-corrected chi connectivity index (χ0v) is 11.1. The van der Waals surface area contributed by atoms with Crippen molar-refractivity contribution in [1.82, 2.24) is 10.3 Å². The van der Waals surface area contributed by atoms with Gasteiger partial charge in [-0.1, -0.05) is 25.1 Å². The van der Waals surface area contributed by atoms with Crippen LogP contribution in [0.1, 0.15) is 30.2 Å². The molecule has 1 heterocycles. The van der Waals surface area contributed by atoms with Crippen molar-refractivity contribution < 1.29 is 0 Å². The van der Waals surface area contributed by atoms with Gasteiger partial charge >= 0.3 is 0 Å². The van der Waals surface area contributed by atoms with Gasteiger partial charge in [-0.15, -0.1) is 0 Å². The molecule has 0 saturated heterocycles. The Morgan fingerprint density at radius 3 is 2.82 bits per heavy atom. The van der Waals surface area contributed by atoms with Crippen molar-refractivity contribution >= 4 is 10.9 Å². The van der Waals surface area contributed by atoms with Gasteiger partial charge in [0.15, 0.2) is 0 Å². The van der Waals surface area contributed by atoms with E-state index in [0.717, 1.165) is 19.4 Å². The molecule has 2 N–H and O–H groups in total. The Morgan fingerprint density at radius 2 is 2.12 bits per heavy atom. The number of aromatic nitrogens is 1. The molecule has 0 saturated carbocycles. The van der Waals surface area contributed by atoms with Crippen LogP contribution in [0.3, 0.4) is 0 Å². The van der Waals surface area contributed by atoms with Crippen LogP contribution in [0.25, 0.3) is 10.9 Å². The molecule has 17 heavy (non-hydrogen) atoms. The van der Waals surface area contributed by atoms with Crippen LogP contribution in [-0.4, -0.2) is 18.6 Å². The highest BCUT2D eigenvalue weighted by atomic mass is 14.8. The summed E-state index contributed by atoms with van der Waals surface area (Å²) in [5, 5.41) is 4.62. The summed E-state index contributed by atoms with van der Waals surface area (Å²) >= 11 is 0. The number of para-hydroxylation sites is 1. The summed E-state index contributed by atoms with van der Waals surface area (Å²) in [5.74, 6) is 0. The fraction of sp³-hybridized carbons (Fsp3) is 0.467. The van der Waals surface area contributed by atoms with Gasteiger partial charge in [0.25, 0.3) is 0 Å².